The molecule has 0 aliphatic rings. The van der Waals surface area contributed by atoms with Crippen LogP contribution in [0.3, 0.4) is 0 Å². The number of carbonyl (C=O) groups is 1. The van der Waals surface area contributed by atoms with Crippen LogP contribution < -0.4 is 4.90 Å². The molecule has 1 heterocycles. The number of hydrogen-bond acceptors (Lipinski definition) is 3. The molecule has 0 aliphatic heterocycles. The lowest BCUT2D eigenvalue weighted by Crippen LogP contribution is -2.15. The lowest BCUT2D eigenvalue weighted by Gasteiger charge is -2.25. The van der Waals surface area contributed by atoms with Gasteiger partial charge in [-0.15, -0.1) is 0 Å². The van der Waals surface area contributed by atoms with E-state index >= 15 is 0 Å². The van der Waals surface area contributed by atoms with E-state index in [2.05, 4.69) is 99.8 Å². The number of unbranched alkanes of at least 4 members (excludes halogenated alkanes) is 1. The normalized spacial score (nSPS) is 12.1. The highest BCUT2D eigenvalue weighted by Crippen LogP contribution is 2.42. The Morgan fingerprint density at radius 3 is 2.36 bits per heavy atom. The molecule has 1 atom stereocenters. The summed E-state index contributed by atoms with van der Waals surface area (Å²) in [6.45, 7) is 10.00. The van der Waals surface area contributed by atoms with Gasteiger partial charge in [-0.2, -0.15) is 0 Å². The zero-order valence-corrected chi connectivity index (χ0v) is 22.5. The van der Waals surface area contributed by atoms with Gasteiger partial charge in [0.25, 0.3) is 0 Å². The van der Waals surface area contributed by atoms with E-state index in [9.17, 15) is 4.79 Å². The maximum atomic E-state index is 13.3. The maximum Gasteiger partial charge on any atom is 0.338 e. The van der Waals surface area contributed by atoms with Crippen LogP contribution in [-0.2, 0) is 11.3 Å². The molecule has 0 aliphatic carbocycles. The smallest absolute Gasteiger partial charge is 0.338 e. The van der Waals surface area contributed by atoms with Gasteiger partial charge >= 0.3 is 5.97 Å². The second kappa shape index (κ2) is 11.0. The number of esters is 1. The number of aromatic nitrogens is 1. The van der Waals surface area contributed by atoms with E-state index in [1.54, 1.807) is 0 Å². The molecule has 4 nitrogen and oxygen atoms in total. The number of para-hydroxylation sites is 1. The molecule has 0 bridgehead atoms. The number of fused-ring (bicyclic) bond motifs is 1. The third-order valence-electron chi connectivity index (χ3n) is 7.19. The van der Waals surface area contributed by atoms with Crippen LogP contribution in [0.1, 0.15) is 70.9 Å². The van der Waals surface area contributed by atoms with Crippen molar-refractivity contribution < 1.29 is 9.53 Å². The molecule has 0 saturated carbocycles. The zero-order chi connectivity index (χ0) is 25.8. The van der Waals surface area contributed by atoms with E-state index in [4.69, 9.17) is 4.74 Å². The Morgan fingerprint density at radius 2 is 1.67 bits per heavy atom. The Bertz CT molecular complexity index is 1370. The molecule has 0 N–H and O–H groups in total. The van der Waals surface area contributed by atoms with Gasteiger partial charge in [-0.05, 0) is 73.7 Å². The first-order valence-electron chi connectivity index (χ1n) is 13.0. The molecule has 1 aromatic heterocycles. The average Bonchev–Trinajstić information content (AvgIpc) is 3.16. The van der Waals surface area contributed by atoms with Crippen LogP contribution in [0.5, 0.6) is 0 Å². The van der Waals surface area contributed by atoms with Crippen molar-refractivity contribution in [3.8, 4) is 0 Å². The second-order valence-corrected chi connectivity index (χ2v) is 9.71. The molecule has 0 amide bonds. The van der Waals surface area contributed by atoms with Crippen LogP contribution in [0.15, 0.2) is 66.7 Å². The van der Waals surface area contributed by atoms with Gasteiger partial charge in [-0.1, -0.05) is 55.8 Å². The maximum absolute atomic E-state index is 13.3. The summed E-state index contributed by atoms with van der Waals surface area (Å²) in [6.07, 6.45) is 1.86. The fraction of sp³-hybridized carbons (Fsp3) is 0.344. The van der Waals surface area contributed by atoms with Crippen molar-refractivity contribution in [1.29, 1.82) is 0 Å². The standard InChI is InChI=1S/C32H38N2O2/c1-7-9-20-36-32(35)27-15-11-10-14-26(27)31(25-19-18-24(33(5)6)21-22(25)3)30-23(4)34(8-2)29-17-13-12-16-28(29)30/h10-19,21,31H,7-9,20H2,1-6H3. The number of carbonyl (C=O) groups excluding carboxylic acids is 1. The first-order valence-corrected chi connectivity index (χ1v) is 13.0. The Balaban J connectivity index is 2.00. The topological polar surface area (TPSA) is 34.5 Å². The first-order chi connectivity index (χ1) is 17.4. The van der Waals surface area contributed by atoms with Crippen molar-refractivity contribution in [2.45, 2.75) is 53.0 Å². The highest BCUT2D eigenvalue weighted by Gasteiger charge is 2.29. The highest BCUT2D eigenvalue weighted by molar-refractivity contribution is 5.93. The quantitative estimate of drug-likeness (QED) is 0.183. The predicted molar refractivity (Wildman–Crippen MR) is 150 cm³/mol. The SMILES string of the molecule is CCCCOC(=O)c1ccccc1C(c1ccc(N(C)C)cc1C)c1c(C)n(CC)c2ccccc12. The van der Waals surface area contributed by atoms with E-state index < -0.39 is 0 Å². The lowest BCUT2D eigenvalue weighted by molar-refractivity contribution is 0.0498. The summed E-state index contributed by atoms with van der Waals surface area (Å²) in [6, 6.07) is 23.2. The zero-order valence-electron chi connectivity index (χ0n) is 22.5. The molecule has 0 spiro atoms. The minimum Gasteiger partial charge on any atom is -0.462 e. The molecule has 0 saturated heterocycles. The van der Waals surface area contributed by atoms with E-state index in [1.807, 2.05) is 18.2 Å². The Morgan fingerprint density at radius 1 is 0.944 bits per heavy atom. The Kier molecular flexibility index (Phi) is 7.83. The summed E-state index contributed by atoms with van der Waals surface area (Å²) < 4.78 is 8.08. The summed E-state index contributed by atoms with van der Waals surface area (Å²) in [5.41, 5.74) is 8.91. The molecule has 0 radical (unpaired) electrons. The molecular formula is C32H38N2O2. The van der Waals surface area contributed by atoms with Crippen molar-refractivity contribution in [3.63, 3.8) is 0 Å². The average molecular weight is 483 g/mol. The third kappa shape index (κ3) is 4.77. The van der Waals surface area contributed by atoms with Crippen molar-refractivity contribution >= 4 is 22.6 Å². The molecule has 1 unspecified atom stereocenters. The molecular weight excluding hydrogens is 444 g/mol. The van der Waals surface area contributed by atoms with Crippen LogP contribution >= 0.6 is 0 Å². The van der Waals surface area contributed by atoms with Crippen LogP contribution in [0.4, 0.5) is 5.69 Å². The van der Waals surface area contributed by atoms with Crippen molar-refractivity contribution in [2.75, 3.05) is 25.6 Å². The number of benzene rings is 3. The Hall–Kier alpha value is -3.53. The summed E-state index contributed by atoms with van der Waals surface area (Å²) in [7, 11) is 4.12. The van der Waals surface area contributed by atoms with E-state index in [0.29, 0.717) is 12.2 Å². The van der Waals surface area contributed by atoms with Crippen molar-refractivity contribution in [3.05, 3.63) is 100 Å². The Labute approximate surface area is 215 Å². The van der Waals surface area contributed by atoms with Crippen molar-refractivity contribution in [1.82, 2.24) is 4.57 Å². The minimum atomic E-state index is -0.247. The number of hydrogen-bond donors (Lipinski definition) is 0. The van der Waals surface area contributed by atoms with Crippen LogP contribution in [-0.4, -0.2) is 31.2 Å². The molecule has 188 valence electrons. The number of anilines is 1. The summed E-state index contributed by atoms with van der Waals surface area (Å²) in [5.74, 6) is -0.350. The highest BCUT2D eigenvalue weighted by atomic mass is 16.5. The number of nitrogens with zero attached hydrogens (tertiary/aromatic N) is 2. The molecule has 3 aromatic carbocycles. The van der Waals surface area contributed by atoms with Gasteiger partial charge in [0.1, 0.15) is 0 Å². The predicted octanol–water partition coefficient (Wildman–Crippen LogP) is 7.48. The summed E-state index contributed by atoms with van der Waals surface area (Å²) >= 11 is 0. The van der Waals surface area contributed by atoms with Crippen LogP contribution in [0, 0.1) is 13.8 Å². The van der Waals surface area contributed by atoms with E-state index in [0.717, 1.165) is 30.6 Å². The summed E-state index contributed by atoms with van der Waals surface area (Å²) in [4.78, 5) is 15.4. The van der Waals surface area contributed by atoms with Gasteiger partial charge in [0.05, 0.1) is 12.2 Å². The van der Waals surface area contributed by atoms with Crippen LogP contribution in [0.2, 0.25) is 0 Å². The molecule has 4 heteroatoms. The van der Waals surface area contributed by atoms with Gasteiger partial charge in [0, 0.05) is 48.8 Å². The van der Waals surface area contributed by atoms with Gasteiger partial charge in [-0.25, -0.2) is 4.79 Å². The number of rotatable bonds is 9. The number of aryl methyl sites for hydroxylation is 2. The number of ether oxygens (including phenoxy) is 1. The van der Waals surface area contributed by atoms with Gasteiger partial charge < -0.3 is 14.2 Å². The second-order valence-electron chi connectivity index (χ2n) is 9.71. The van der Waals surface area contributed by atoms with Crippen molar-refractivity contribution in [2.24, 2.45) is 0 Å². The summed E-state index contributed by atoms with van der Waals surface area (Å²) in [5, 5.41) is 1.23. The minimum absolute atomic E-state index is 0.103. The van der Waals surface area contributed by atoms with E-state index in [-0.39, 0.29) is 11.9 Å². The lowest BCUT2D eigenvalue weighted by atomic mass is 9.79. The first kappa shape index (κ1) is 25.6. The fourth-order valence-corrected chi connectivity index (χ4v) is 5.29. The van der Waals surface area contributed by atoms with Crippen LogP contribution in [0.25, 0.3) is 10.9 Å². The van der Waals surface area contributed by atoms with Gasteiger partial charge in [-0.3, -0.25) is 0 Å². The van der Waals surface area contributed by atoms with Gasteiger partial charge in [0.2, 0.25) is 0 Å². The van der Waals surface area contributed by atoms with Gasteiger partial charge in [0.15, 0.2) is 0 Å². The monoisotopic (exact) mass is 482 g/mol. The molecule has 36 heavy (non-hydrogen) atoms. The largest absolute Gasteiger partial charge is 0.462 e. The molecule has 4 aromatic rings. The van der Waals surface area contributed by atoms with E-state index in [1.165, 1.54) is 33.3 Å². The fourth-order valence-electron chi connectivity index (χ4n) is 5.29. The third-order valence-corrected chi connectivity index (χ3v) is 7.19. The molecule has 4 rings (SSSR count). The molecule has 0 fully saturated rings.